The molecule has 0 aliphatic carbocycles. The number of carbonyl (C=O) groups is 1. The van der Waals surface area contributed by atoms with E-state index in [4.69, 9.17) is 9.47 Å². The van der Waals surface area contributed by atoms with Crippen LogP contribution >= 0.6 is 23.1 Å². The number of thioether (sulfide) groups is 1. The summed E-state index contributed by atoms with van der Waals surface area (Å²) in [5, 5.41) is 14.6. The zero-order valence-electron chi connectivity index (χ0n) is 16.1. The molecule has 4 rings (SSSR count). The summed E-state index contributed by atoms with van der Waals surface area (Å²) in [7, 11) is 0. The van der Waals surface area contributed by atoms with Crippen molar-refractivity contribution in [3.05, 3.63) is 59.4 Å². The minimum absolute atomic E-state index is 0.0892. The number of halogens is 1. The van der Waals surface area contributed by atoms with Gasteiger partial charge in [-0.25, -0.2) is 4.39 Å². The Labute approximate surface area is 181 Å². The number of carbonyl (C=O) groups excluding carboxylic acids is 1. The maximum Gasteiger partial charge on any atom is 0.233 e. The molecular formula is C20H19FN4O3S2. The number of fused-ring (bicyclic) bond motifs is 1. The van der Waals surface area contributed by atoms with E-state index in [2.05, 4.69) is 20.8 Å². The molecule has 1 amide bonds. The van der Waals surface area contributed by atoms with E-state index >= 15 is 0 Å². The molecule has 1 aliphatic heterocycles. The molecule has 1 aromatic heterocycles. The Morgan fingerprint density at radius 3 is 2.73 bits per heavy atom. The number of hydrogen-bond acceptors (Lipinski definition) is 8. The van der Waals surface area contributed by atoms with Gasteiger partial charge >= 0.3 is 0 Å². The third-order valence-electron chi connectivity index (χ3n) is 4.31. The topological polar surface area (TPSA) is 85.4 Å². The molecule has 0 fully saturated rings. The summed E-state index contributed by atoms with van der Waals surface area (Å²) < 4.78 is 24.3. The fraction of sp³-hybridized carbons (Fsp3) is 0.250. The van der Waals surface area contributed by atoms with Crippen molar-refractivity contribution in [2.75, 3.05) is 12.1 Å². The number of benzene rings is 2. The average molecular weight is 447 g/mol. The minimum Gasteiger partial charge on any atom is -0.454 e. The lowest BCUT2D eigenvalue weighted by atomic mass is 10.2. The summed E-state index contributed by atoms with van der Waals surface area (Å²) in [6, 6.07) is 11.9. The summed E-state index contributed by atoms with van der Waals surface area (Å²) in [6.45, 7) is 2.97. The van der Waals surface area contributed by atoms with E-state index in [1.165, 1.54) is 35.2 Å². The van der Waals surface area contributed by atoms with Crippen LogP contribution in [0.3, 0.4) is 0 Å². The number of ether oxygens (including phenoxy) is 2. The lowest BCUT2D eigenvalue weighted by Gasteiger charge is -2.10. The highest BCUT2D eigenvalue weighted by Gasteiger charge is 2.18. The smallest absolute Gasteiger partial charge is 0.233 e. The van der Waals surface area contributed by atoms with Crippen molar-refractivity contribution in [3.63, 3.8) is 0 Å². The van der Waals surface area contributed by atoms with Gasteiger partial charge in [-0.3, -0.25) is 4.79 Å². The predicted octanol–water partition coefficient (Wildman–Crippen LogP) is 3.82. The molecule has 156 valence electrons. The van der Waals surface area contributed by atoms with Crippen molar-refractivity contribution < 1.29 is 18.7 Å². The van der Waals surface area contributed by atoms with Crippen LogP contribution in [0, 0.1) is 5.82 Å². The minimum atomic E-state index is -0.322. The normalized spacial score (nSPS) is 13.1. The van der Waals surface area contributed by atoms with Gasteiger partial charge in [0.05, 0.1) is 5.25 Å². The Morgan fingerprint density at radius 1 is 1.13 bits per heavy atom. The van der Waals surface area contributed by atoms with Gasteiger partial charge in [0, 0.05) is 13.1 Å². The quantitative estimate of drug-likeness (QED) is 0.509. The molecule has 30 heavy (non-hydrogen) atoms. The van der Waals surface area contributed by atoms with Gasteiger partial charge in [-0.2, -0.15) is 0 Å². The molecule has 10 heteroatoms. The molecule has 2 heterocycles. The highest BCUT2D eigenvalue weighted by Crippen LogP contribution is 2.32. The summed E-state index contributed by atoms with van der Waals surface area (Å²) in [5.74, 6) is 1.06. The Morgan fingerprint density at radius 2 is 1.90 bits per heavy atom. The van der Waals surface area contributed by atoms with Crippen LogP contribution in [-0.4, -0.2) is 28.1 Å². The molecule has 1 atom stereocenters. The van der Waals surface area contributed by atoms with Gasteiger partial charge < -0.3 is 20.1 Å². The molecule has 0 saturated heterocycles. The maximum absolute atomic E-state index is 13.0. The van der Waals surface area contributed by atoms with Crippen molar-refractivity contribution in [2.45, 2.75) is 29.6 Å². The molecule has 2 aromatic carbocycles. The Kier molecular flexibility index (Phi) is 6.34. The number of hydrogen-bond donors (Lipinski definition) is 2. The maximum atomic E-state index is 13.0. The molecule has 0 bridgehead atoms. The molecule has 3 aromatic rings. The summed E-state index contributed by atoms with van der Waals surface area (Å²) in [5.41, 5.74) is 1.88. The first-order valence-electron chi connectivity index (χ1n) is 9.21. The van der Waals surface area contributed by atoms with Gasteiger partial charge in [0.1, 0.15) is 5.82 Å². The largest absolute Gasteiger partial charge is 0.454 e. The first-order chi connectivity index (χ1) is 14.6. The summed E-state index contributed by atoms with van der Waals surface area (Å²) >= 11 is 2.72. The van der Waals surface area contributed by atoms with Gasteiger partial charge in [-0.15, -0.1) is 10.2 Å². The highest BCUT2D eigenvalue weighted by molar-refractivity contribution is 8.02. The van der Waals surface area contributed by atoms with Gasteiger partial charge in [0.2, 0.25) is 17.8 Å². The van der Waals surface area contributed by atoms with E-state index in [-0.39, 0.29) is 23.8 Å². The molecule has 2 N–H and O–H groups in total. The molecule has 1 unspecified atom stereocenters. The van der Waals surface area contributed by atoms with Crippen LogP contribution in [0.2, 0.25) is 0 Å². The molecular weight excluding hydrogens is 427 g/mol. The second kappa shape index (κ2) is 9.31. The van der Waals surface area contributed by atoms with Crippen LogP contribution < -0.4 is 20.1 Å². The monoisotopic (exact) mass is 446 g/mol. The lowest BCUT2D eigenvalue weighted by molar-refractivity contribution is -0.120. The van der Waals surface area contributed by atoms with Crippen LogP contribution in [-0.2, 0) is 17.9 Å². The Bertz CT molecular complexity index is 1030. The van der Waals surface area contributed by atoms with Crippen LogP contribution in [0.1, 0.15) is 18.1 Å². The molecule has 0 spiro atoms. The van der Waals surface area contributed by atoms with Gasteiger partial charge in [-0.1, -0.05) is 41.3 Å². The van der Waals surface area contributed by atoms with Crippen LogP contribution in [0.25, 0.3) is 0 Å². The standard InChI is InChI=1S/C20H19FN4O3S2/c1-12(18(26)22-10-14-4-7-16-17(8-14)28-11-27-16)29-20-25-24-19(30-20)23-9-13-2-5-15(21)6-3-13/h2-8,12H,9-11H2,1H3,(H,22,26)(H,23,24). The number of nitrogens with one attached hydrogen (secondary N) is 2. The zero-order valence-corrected chi connectivity index (χ0v) is 17.7. The molecule has 1 aliphatic rings. The number of rotatable bonds is 8. The number of nitrogens with zero attached hydrogens (tertiary/aromatic N) is 2. The zero-order chi connectivity index (χ0) is 20.9. The lowest BCUT2D eigenvalue weighted by Crippen LogP contribution is -2.30. The van der Waals surface area contributed by atoms with E-state index in [1.807, 2.05) is 25.1 Å². The van der Waals surface area contributed by atoms with E-state index in [0.29, 0.717) is 34.1 Å². The van der Waals surface area contributed by atoms with Crippen LogP contribution in [0.4, 0.5) is 9.52 Å². The fourth-order valence-electron chi connectivity index (χ4n) is 2.70. The van der Waals surface area contributed by atoms with Gasteiger partial charge in [0.15, 0.2) is 15.8 Å². The van der Waals surface area contributed by atoms with Crippen LogP contribution in [0.15, 0.2) is 46.8 Å². The molecule has 0 radical (unpaired) electrons. The number of amides is 1. The van der Waals surface area contributed by atoms with Crippen molar-refractivity contribution in [3.8, 4) is 11.5 Å². The predicted molar refractivity (Wildman–Crippen MR) is 113 cm³/mol. The molecule has 7 nitrogen and oxygen atoms in total. The first-order valence-corrected chi connectivity index (χ1v) is 10.9. The Hall–Kier alpha value is -2.85. The SMILES string of the molecule is CC(Sc1nnc(NCc2ccc(F)cc2)s1)C(=O)NCc1ccc2c(c1)OCO2. The highest BCUT2D eigenvalue weighted by atomic mass is 32.2. The third kappa shape index (κ3) is 5.19. The van der Waals surface area contributed by atoms with E-state index in [9.17, 15) is 9.18 Å². The second-order valence-electron chi connectivity index (χ2n) is 6.52. The van der Waals surface area contributed by atoms with E-state index < -0.39 is 0 Å². The van der Waals surface area contributed by atoms with Crippen molar-refractivity contribution in [1.82, 2.24) is 15.5 Å². The van der Waals surface area contributed by atoms with Crippen molar-refractivity contribution >= 4 is 34.1 Å². The Balaban J connectivity index is 1.24. The van der Waals surface area contributed by atoms with Crippen molar-refractivity contribution in [1.29, 1.82) is 0 Å². The average Bonchev–Trinajstić information content (AvgIpc) is 3.40. The number of aromatic nitrogens is 2. The van der Waals surface area contributed by atoms with E-state index in [0.717, 1.165) is 11.1 Å². The van der Waals surface area contributed by atoms with Crippen molar-refractivity contribution in [2.24, 2.45) is 0 Å². The van der Waals surface area contributed by atoms with Crippen LogP contribution in [0.5, 0.6) is 11.5 Å². The first kappa shape index (κ1) is 20.4. The summed E-state index contributed by atoms with van der Waals surface area (Å²) in [6.07, 6.45) is 0. The molecule has 0 saturated carbocycles. The summed E-state index contributed by atoms with van der Waals surface area (Å²) in [4.78, 5) is 12.4. The van der Waals surface area contributed by atoms with Gasteiger partial charge in [-0.05, 0) is 42.3 Å². The van der Waals surface area contributed by atoms with E-state index in [1.54, 1.807) is 12.1 Å². The third-order valence-corrected chi connectivity index (χ3v) is 6.38. The second-order valence-corrected chi connectivity index (χ2v) is 9.08. The van der Waals surface area contributed by atoms with Gasteiger partial charge in [0.25, 0.3) is 0 Å². The number of anilines is 1. The fourth-order valence-corrected chi connectivity index (χ4v) is 4.61.